The van der Waals surface area contributed by atoms with Crippen LogP contribution in [0, 0.1) is 0 Å². The first-order valence-electron chi connectivity index (χ1n) is 5.99. The molecule has 0 unspecified atom stereocenters. The van der Waals surface area contributed by atoms with E-state index in [2.05, 4.69) is 19.1 Å². The van der Waals surface area contributed by atoms with Crippen LogP contribution in [0.5, 0.6) is 0 Å². The zero-order valence-electron chi connectivity index (χ0n) is 10.6. The molecule has 0 heterocycles. The number of benzene rings is 2. The SMILES string of the molecule is CCc1ccc(Sc2ccc(N)cc2C(=O)O)cc1. The van der Waals surface area contributed by atoms with Crippen molar-refractivity contribution in [3.63, 3.8) is 0 Å². The number of nitrogen functional groups attached to an aromatic ring is 1. The Hall–Kier alpha value is -1.94. The topological polar surface area (TPSA) is 63.3 Å². The Kier molecular flexibility index (Phi) is 4.12. The van der Waals surface area contributed by atoms with Crippen LogP contribution in [0.25, 0.3) is 0 Å². The number of aromatic carboxylic acids is 1. The summed E-state index contributed by atoms with van der Waals surface area (Å²) < 4.78 is 0. The Morgan fingerprint density at radius 2 is 1.89 bits per heavy atom. The lowest BCUT2D eigenvalue weighted by atomic mass is 10.2. The zero-order chi connectivity index (χ0) is 13.8. The number of hydrogen-bond acceptors (Lipinski definition) is 3. The van der Waals surface area contributed by atoms with Crippen molar-refractivity contribution in [3.05, 3.63) is 53.6 Å². The largest absolute Gasteiger partial charge is 0.478 e. The van der Waals surface area contributed by atoms with Crippen molar-refractivity contribution in [2.75, 3.05) is 5.73 Å². The highest BCUT2D eigenvalue weighted by Crippen LogP contribution is 2.31. The molecule has 0 saturated carbocycles. The van der Waals surface area contributed by atoms with E-state index in [1.807, 2.05) is 12.1 Å². The van der Waals surface area contributed by atoms with E-state index in [9.17, 15) is 9.90 Å². The molecule has 98 valence electrons. The van der Waals surface area contributed by atoms with Gasteiger partial charge in [-0.2, -0.15) is 0 Å². The number of anilines is 1. The smallest absolute Gasteiger partial charge is 0.336 e. The van der Waals surface area contributed by atoms with E-state index >= 15 is 0 Å². The Bertz CT molecular complexity index is 594. The maximum absolute atomic E-state index is 11.2. The predicted molar refractivity (Wildman–Crippen MR) is 77.8 cm³/mol. The van der Waals surface area contributed by atoms with Crippen molar-refractivity contribution in [3.8, 4) is 0 Å². The highest BCUT2D eigenvalue weighted by atomic mass is 32.2. The summed E-state index contributed by atoms with van der Waals surface area (Å²) >= 11 is 1.43. The fourth-order valence-corrected chi connectivity index (χ4v) is 2.64. The van der Waals surface area contributed by atoms with Gasteiger partial charge in [0.05, 0.1) is 5.56 Å². The Morgan fingerprint density at radius 3 is 2.47 bits per heavy atom. The molecular weight excluding hydrogens is 258 g/mol. The predicted octanol–water partition coefficient (Wildman–Crippen LogP) is 3.68. The molecular formula is C15H15NO2S. The lowest BCUT2D eigenvalue weighted by molar-refractivity contribution is 0.0693. The van der Waals surface area contributed by atoms with Crippen LogP contribution in [0.15, 0.2) is 52.3 Å². The van der Waals surface area contributed by atoms with E-state index in [4.69, 9.17) is 5.73 Å². The first kappa shape index (κ1) is 13.5. The fraction of sp³-hybridized carbons (Fsp3) is 0.133. The molecule has 0 bridgehead atoms. The second-order valence-corrected chi connectivity index (χ2v) is 5.28. The van der Waals surface area contributed by atoms with E-state index in [1.165, 1.54) is 23.4 Å². The van der Waals surface area contributed by atoms with Crippen molar-refractivity contribution < 1.29 is 9.90 Å². The highest BCUT2D eigenvalue weighted by Gasteiger charge is 2.11. The molecule has 2 aromatic rings. The normalized spacial score (nSPS) is 10.4. The van der Waals surface area contributed by atoms with E-state index in [0.717, 1.165) is 11.3 Å². The third-order valence-corrected chi connectivity index (χ3v) is 3.88. The molecule has 0 atom stereocenters. The van der Waals surface area contributed by atoms with E-state index in [-0.39, 0.29) is 5.56 Å². The second-order valence-electron chi connectivity index (χ2n) is 4.16. The minimum absolute atomic E-state index is 0.240. The van der Waals surface area contributed by atoms with Crippen LogP contribution in [-0.4, -0.2) is 11.1 Å². The summed E-state index contributed by atoms with van der Waals surface area (Å²) in [6, 6.07) is 13.1. The van der Waals surface area contributed by atoms with Crippen molar-refractivity contribution in [2.45, 2.75) is 23.1 Å². The molecule has 0 aliphatic heterocycles. The van der Waals surface area contributed by atoms with Gasteiger partial charge in [0, 0.05) is 15.5 Å². The number of hydrogen-bond donors (Lipinski definition) is 2. The van der Waals surface area contributed by atoms with Gasteiger partial charge in [-0.15, -0.1) is 0 Å². The Labute approximate surface area is 116 Å². The van der Waals surface area contributed by atoms with E-state index < -0.39 is 5.97 Å². The van der Waals surface area contributed by atoms with Crippen LogP contribution in [-0.2, 0) is 6.42 Å². The van der Waals surface area contributed by atoms with Crippen molar-refractivity contribution >= 4 is 23.4 Å². The number of aryl methyl sites for hydroxylation is 1. The maximum Gasteiger partial charge on any atom is 0.336 e. The summed E-state index contributed by atoms with van der Waals surface area (Å²) in [7, 11) is 0. The van der Waals surface area contributed by atoms with Gasteiger partial charge in [0.1, 0.15) is 0 Å². The first-order valence-corrected chi connectivity index (χ1v) is 6.81. The number of carboxylic acids is 1. The van der Waals surface area contributed by atoms with Gasteiger partial charge in [-0.05, 0) is 42.3 Å². The molecule has 0 aliphatic rings. The molecule has 2 aromatic carbocycles. The van der Waals surface area contributed by atoms with Crippen LogP contribution in [0.1, 0.15) is 22.8 Å². The maximum atomic E-state index is 11.2. The molecule has 0 aromatic heterocycles. The third kappa shape index (κ3) is 3.29. The third-order valence-electron chi connectivity index (χ3n) is 2.79. The molecule has 0 saturated heterocycles. The minimum atomic E-state index is -0.958. The van der Waals surface area contributed by atoms with E-state index in [1.54, 1.807) is 12.1 Å². The van der Waals surface area contributed by atoms with Crippen LogP contribution in [0.3, 0.4) is 0 Å². The summed E-state index contributed by atoms with van der Waals surface area (Å²) in [4.78, 5) is 12.9. The number of carboxylic acid groups (broad SMARTS) is 1. The van der Waals surface area contributed by atoms with Gasteiger partial charge in [0.2, 0.25) is 0 Å². The second kappa shape index (κ2) is 5.80. The monoisotopic (exact) mass is 273 g/mol. The number of nitrogens with two attached hydrogens (primary N) is 1. The van der Waals surface area contributed by atoms with Gasteiger partial charge in [-0.3, -0.25) is 0 Å². The van der Waals surface area contributed by atoms with Crippen LogP contribution in [0.2, 0.25) is 0 Å². The first-order chi connectivity index (χ1) is 9.10. The fourth-order valence-electron chi connectivity index (χ4n) is 1.72. The highest BCUT2D eigenvalue weighted by molar-refractivity contribution is 7.99. The minimum Gasteiger partial charge on any atom is -0.478 e. The molecule has 19 heavy (non-hydrogen) atoms. The Balaban J connectivity index is 2.29. The summed E-state index contributed by atoms with van der Waals surface area (Å²) in [6.45, 7) is 2.10. The average Bonchev–Trinajstić information content (AvgIpc) is 2.41. The van der Waals surface area contributed by atoms with Gasteiger partial charge in [-0.1, -0.05) is 30.8 Å². The lowest BCUT2D eigenvalue weighted by Gasteiger charge is -2.07. The van der Waals surface area contributed by atoms with Gasteiger partial charge in [0.25, 0.3) is 0 Å². The molecule has 2 rings (SSSR count). The number of rotatable bonds is 4. The summed E-state index contributed by atoms with van der Waals surface area (Å²) in [5.41, 5.74) is 7.59. The van der Waals surface area contributed by atoms with Crippen molar-refractivity contribution in [1.82, 2.24) is 0 Å². The molecule has 4 heteroatoms. The Morgan fingerprint density at radius 1 is 1.21 bits per heavy atom. The lowest BCUT2D eigenvalue weighted by Crippen LogP contribution is -2.00. The summed E-state index contributed by atoms with van der Waals surface area (Å²) in [5.74, 6) is -0.958. The molecule has 0 radical (unpaired) electrons. The molecule has 3 nitrogen and oxygen atoms in total. The average molecular weight is 273 g/mol. The molecule has 0 spiro atoms. The summed E-state index contributed by atoms with van der Waals surface area (Å²) in [6.07, 6.45) is 0.993. The summed E-state index contributed by atoms with van der Waals surface area (Å²) in [5, 5.41) is 9.18. The molecule has 0 fully saturated rings. The molecule has 0 aliphatic carbocycles. The van der Waals surface area contributed by atoms with E-state index in [0.29, 0.717) is 10.6 Å². The van der Waals surface area contributed by atoms with Crippen LogP contribution in [0.4, 0.5) is 5.69 Å². The molecule has 3 N–H and O–H groups in total. The van der Waals surface area contributed by atoms with Crippen LogP contribution >= 0.6 is 11.8 Å². The van der Waals surface area contributed by atoms with Crippen molar-refractivity contribution in [1.29, 1.82) is 0 Å². The zero-order valence-corrected chi connectivity index (χ0v) is 11.4. The standard InChI is InChI=1S/C15H15NO2S/c1-2-10-3-6-12(7-4-10)19-14-8-5-11(16)9-13(14)15(17)18/h3-9H,2,16H2,1H3,(H,17,18). The van der Waals surface area contributed by atoms with Gasteiger partial charge < -0.3 is 10.8 Å². The van der Waals surface area contributed by atoms with Gasteiger partial charge in [0.15, 0.2) is 0 Å². The quantitative estimate of drug-likeness (QED) is 0.834. The molecule has 0 amide bonds. The van der Waals surface area contributed by atoms with Gasteiger partial charge in [-0.25, -0.2) is 4.79 Å². The van der Waals surface area contributed by atoms with Gasteiger partial charge >= 0.3 is 5.97 Å². The van der Waals surface area contributed by atoms with Crippen LogP contribution < -0.4 is 5.73 Å². The number of carbonyl (C=O) groups is 1. The van der Waals surface area contributed by atoms with Crippen molar-refractivity contribution in [2.24, 2.45) is 0 Å².